The Kier molecular flexibility index (Phi) is 44.2. The Hall–Kier alpha value is -8.05. The molecule has 522 valence electrons. The molecule has 0 bridgehead atoms. The second-order valence-corrected chi connectivity index (χ2v) is 23.4. The van der Waals surface area contributed by atoms with Gasteiger partial charge in [-0.15, -0.1) is 11.8 Å². The van der Waals surface area contributed by atoms with Crippen LogP contribution in [0.25, 0.3) is 0 Å². The number of rotatable bonds is 50. The Morgan fingerprint density at radius 1 is 0.521 bits per heavy atom. The molecule has 2 aromatic rings. The topological polar surface area (TPSA) is 368 Å². The number of nitrogens with two attached hydrogens (primary N) is 2. The van der Waals surface area contributed by atoms with Gasteiger partial charge in [0.15, 0.2) is 11.2 Å². The van der Waals surface area contributed by atoms with Crippen LogP contribution in [0.3, 0.4) is 0 Å². The van der Waals surface area contributed by atoms with E-state index in [4.69, 9.17) is 30.4 Å². The number of nitrogens with one attached hydrogen (secondary N) is 2. The Labute approximate surface area is 556 Å². The number of ether oxygens (including phenoxy) is 4. The molecular formula is C72H106N4O18. The number of aliphatic hydroxyl groups is 3. The van der Waals surface area contributed by atoms with Gasteiger partial charge in [0.05, 0.1) is 45.0 Å². The highest BCUT2D eigenvalue weighted by Crippen LogP contribution is 2.28. The Morgan fingerprint density at radius 2 is 0.862 bits per heavy atom. The zero-order valence-electron chi connectivity index (χ0n) is 56.2. The molecule has 0 heterocycles. The molecule has 0 fully saturated rings. The van der Waals surface area contributed by atoms with E-state index in [-0.39, 0.29) is 37.9 Å². The summed E-state index contributed by atoms with van der Waals surface area (Å²) in [6.45, 7) is 8.16. The van der Waals surface area contributed by atoms with Crippen molar-refractivity contribution in [1.82, 2.24) is 10.6 Å². The molecule has 0 saturated carbocycles. The molecule has 22 nitrogen and oxygen atoms in total. The van der Waals surface area contributed by atoms with Crippen LogP contribution >= 0.6 is 0 Å². The van der Waals surface area contributed by atoms with Gasteiger partial charge in [0.2, 0.25) is 23.6 Å². The van der Waals surface area contributed by atoms with Crippen molar-refractivity contribution >= 4 is 53.3 Å². The lowest BCUT2D eigenvalue weighted by Crippen LogP contribution is -2.56. The normalized spacial score (nSPS) is 13.8. The van der Waals surface area contributed by atoms with Gasteiger partial charge in [-0.2, -0.15) is 0 Å². The van der Waals surface area contributed by atoms with Gasteiger partial charge in [0, 0.05) is 25.7 Å². The number of benzene rings is 2. The zero-order valence-corrected chi connectivity index (χ0v) is 56.2. The Morgan fingerprint density at radius 3 is 1.18 bits per heavy atom. The number of amides is 4. The van der Waals surface area contributed by atoms with Crippen molar-refractivity contribution in [1.29, 1.82) is 0 Å². The number of primary amides is 2. The first kappa shape index (κ1) is 84.0. The second-order valence-electron chi connectivity index (χ2n) is 23.4. The SMILES string of the molecule is CC#CCOc1ccc(C[C@H](NC(=O)[C@@H](/C=C/CCCCCCC(=O)CCCCCCC)[C@@](O)(CC(N)=O)C(=O)O)C(=O)OC)cc1.CC#CCOc1ccc(C[C@H](NC(=O)[C@@H](/C=C/CCCCCCC(O)CCCCCCC)[C@@](O)(CC(N)=O)C(=O)O)C(=O)OC)cc1. The lowest BCUT2D eigenvalue weighted by Gasteiger charge is -2.30. The summed E-state index contributed by atoms with van der Waals surface area (Å²) in [5, 5.41) is 57.0. The molecule has 0 aliphatic rings. The third-order valence-corrected chi connectivity index (χ3v) is 15.6. The number of Topliss-reactive ketones (excluding diaryl/α,β-unsaturated/α-hetero) is 1. The molecule has 7 atom stereocenters. The number of aliphatic carboxylic acids is 2. The van der Waals surface area contributed by atoms with Crippen LogP contribution in [0.1, 0.15) is 206 Å². The van der Waals surface area contributed by atoms with Gasteiger partial charge >= 0.3 is 23.9 Å². The summed E-state index contributed by atoms with van der Waals surface area (Å²) >= 11 is 0. The van der Waals surface area contributed by atoms with Gasteiger partial charge in [-0.25, -0.2) is 19.2 Å². The van der Waals surface area contributed by atoms with E-state index in [1.807, 2.05) is 0 Å². The van der Waals surface area contributed by atoms with E-state index in [2.05, 4.69) is 48.2 Å². The molecule has 0 radical (unpaired) electrons. The fraction of sp³-hybridized carbons (Fsp3) is 0.597. The minimum absolute atomic E-state index is 0.00122. The summed E-state index contributed by atoms with van der Waals surface area (Å²) in [7, 11) is 2.30. The Bertz CT molecular complexity index is 2800. The molecule has 2 aromatic carbocycles. The van der Waals surface area contributed by atoms with Crippen LogP contribution in [-0.4, -0.2) is 136 Å². The van der Waals surface area contributed by atoms with Crippen LogP contribution in [0.2, 0.25) is 0 Å². The fourth-order valence-corrected chi connectivity index (χ4v) is 10.2. The van der Waals surface area contributed by atoms with Gasteiger partial charge in [-0.3, -0.25) is 24.0 Å². The van der Waals surface area contributed by atoms with Gasteiger partial charge in [0.25, 0.3) is 0 Å². The number of carbonyl (C=O) groups is 9. The molecule has 94 heavy (non-hydrogen) atoms. The summed E-state index contributed by atoms with van der Waals surface area (Å²) in [6, 6.07) is 11.1. The van der Waals surface area contributed by atoms with Crippen LogP contribution in [0.15, 0.2) is 72.8 Å². The average molecular weight is 1320 g/mol. The summed E-state index contributed by atoms with van der Waals surface area (Å²) in [5.41, 5.74) is 6.06. The van der Waals surface area contributed by atoms with Crippen molar-refractivity contribution in [3.63, 3.8) is 0 Å². The molecule has 0 aliphatic heterocycles. The van der Waals surface area contributed by atoms with Crippen LogP contribution in [0.4, 0.5) is 0 Å². The van der Waals surface area contributed by atoms with Crippen LogP contribution in [-0.2, 0) is 65.5 Å². The minimum atomic E-state index is -2.86. The molecule has 0 aromatic heterocycles. The number of carboxylic acid groups (broad SMARTS) is 2. The number of allylic oxidation sites excluding steroid dienone is 2. The number of methoxy groups -OCH3 is 2. The number of carboxylic acids is 2. The summed E-state index contributed by atoms with van der Waals surface area (Å²) in [5.74, 6) is -0.440. The highest BCUT2D eigenvalue weighted by molar-refractivity contribution is 5.96. The lowest BCUT2D eigenvalue weighted by molar-refractivity contribution is -0.169. The predicted molar refractivity (Wildman–Crippen MR) is 357 cm³/mol. The number of aliphatic hydroxyl groups excluding tert-OH is 1. The first-order valence-corrected chi connectivity index (χ1v) is 33.0. The van der Waals surface area contributed by atoms with Gasteiger partial charge in [0.1, 0.15) is 42.6 Å². The maximum Gasteiger partial charge on any atom is 0.337 e. The first-order chi connectivity index (χ1) is 45.0. The van der Waals surface area contributed by atoms with Crippen molar-refractivity contribution in [2.45, 2.75) is 237 Å². The van der Waals surface area contributed by atoms with E-state index in [0.29, 0.717) is 54.7 Å². The lowest BCUT2D eigenvalue weighted by atomic mass is 9.82. The third kappa shape index (κ3) is 35.3. The van der Waals surface area contributed by atoms with Crippen LogP contribution in [0, 0.1) is 35.5 Å². The molecule has 11 N–H and O–H groups in total. The van der Waals surface area contributed by atoms with Crippen LogP contribution < -0.4 is 31.6 Å². The van der Waals surface area contributed by atoms with Crippen molar-refractivity contribution in [2.75, 3.05) is 27.4 Å². The minimum Gasteiger partial charge on any atom is -0.481 e. The molecule has 2 rings (SSSR count). The number of hydrogen-bond acceptors (Lipinski definition) is 16. The van der Waals surface area contributed by atoms with Gasteiger partial charge in [-0.1, -0.05) is 164 Å². The third-order valence-electron chi connectivity index (χ3n) is 15.6. The molecule has 0 aliphatic carbocycles. The Balaban J connectivity index is 0.000000940. The highest BCUT2D eigenvalue weighted by Gasteiger charge is 2.50. The smallest absolute Gasteiger partial charge is 0.337 e. The maximum atomic E-state index is 13.5. The summed E-state index contributed by atoms with van der Waals surface area (Å²) in [6.07, 6.45) is 24.9. The number of esters is 2. The summed E-state index contributed by atoms with van der Waals surface area (Å²) in [4.78, 5) is 112. The molecule has 4 amide bonds. The monoisotopic (exact) mass is 1310 g/mol. The molecular weight excluding hydrogens is 1210 g/mol. The van der Waals surface area contributed by atoms with Crippen molar-refractivity contribution in [3.05, 3.63) is 84.0 Å². The van der Waals surface area contributed by atoms with Crippen molar-refractivity contribution in [3.8, 4) is 35.2 Å². The van der Waals surface area contributed by atoms with E-state index < -0.39 is 95.5 Å². The van der Waals surface area contributed by atoms with Gasteiger partial charge in [-0.05, 0) is 101 Å². The van der Waals surface area contributed by atoms with Gasteiger partial charge < -0.3 is 66.6 Å². The predicted octanol–water partition coefficient (Wildman–Crippen LogP) is 8.64. The molecule has 1 unspecified atom stereocenters. The standard InChI is InChI=1S/C36H54N2O9.C36H52N2O9/c2*1-4-6-8-11-14-17-28(39)18-15-12-9-10-13-16-19-30(36(45,35(43)44)26-32(37)40)33(41)38-31(34(42)46-3)25-27-20-22-29(23-21-27)47-24-7-5-2/h16,19-23,28,30-31,39,45H,4,6,8-15,17-18,24-26H2,1-3H3,(H2,37,40)(H,38,41)(H,43,44);16,19-23,30-31,45H,4,6,8-15,17-18,24-26H2,1-3H3,(H2,37,40)(H,38,41)(H,43,44)/b2*19-16+/t28?,30-,31+,36+;30-,31+,36+/m11/s1. The number of carbonyl (C=O) groups excluding carboxylic acids is 7. The van der Waals surface area contributed by atoms with Crippen molar-refractivity contribution < 1.29 is 87.6 Å². The maximum absolute atomic E-state index is 13.5. The van der Waals surface area contributed by atoms with E-state index in [0.717, 1.165) is 97.7 Å². The number of unbranched alkanes of at least 4 members (excludes halogenated alkanes) is 16. The van der Waals surface area contributed by atoms with E-state index in [1.54, 1.807) is 74.5 Å². The number of ketones is 1. The second kappa shape index (κ2) is 49.5. The fourth-order valence-electron chi connectivity index (χ4n) is 10.2. The summed E-state index contributed by atoms with van der Waals surface area (Å²) < 4.78 is 20.7. The van der Waals surface area contributed by atoms with Crippen LogP contribution in [0.5, 0.6) is 11.5 Å². The van der Waals surface area contributed by atoms with Crippen molar-refractivity contribution in [2.24, 2.45) is 23.3 Å². The first-order valence-electron chi connectivity index (χ1n) is 33.0. The number of hydrogen-bond donors (Lipinski definition) is 9. The van der Waals surface area contributed by atoms with E-state index in [1.165, 1.54) is 50.7 Å². The van der Waals surface area contributed by atoms with E-state index in [9.17, 15) is 68.7 Å². The highest BCUT2D eigenvalue weighted by atomic mass is 16.5. The molecule has 22 heteroatoms. The average Bonchev–Trinajstić information content (AvgIpc) is 0.828. The largest absolute Gasteiger partial charge is 0.481 e. The molecule has 0 saturated heterocycles. The van der Waals surface area contributed by atoms with E-state index >= 15 is 0 Å². The molecule has 0 spiro atoms. The zero-order chi connectivity index (χ0) is 70.2. The quantitative estimate of drug-likeness (QED) is 0.0129.